The van der Waals surface area contributed by atoms with E-state index in [4.69, 9.17) is 4.74 Å². The Morgan fingerprint density at radius 1 is 1.40 bits per heavy atom. The van der Waals surface area contributed by atoms with Crippen molar-refractivity contribution in [3.05, 3.63) is 0 Å². The van der Waals surface area contributed by atoms with Gasteiger partial charge >= 0.3 is 0 Å². The summed E-state index contributed by atoms with van der Waals surface area (Å²) in [5.74, 6) is 0.257. The smallest absolute Gasteiger partial charge is 0.154 e. The summed E-state index contributed by atoms with van der Waals surface area (Å²) >= 11 is 0. The fraction of sp³-hybridized carbons (Fsp3) is 1.00. The van der Waals surface area contributed by atoms with Gasteiger partial charge in [-0.3, -0.25) is 0 Å². The molecule has 90 valence electrons. The molecule has 1 saturated heterocycles. The molecule has 0 aromatic heterocycles. The van der Waals surface area contributed by atoms with Crippen LogP contribution in [-0.2, 0) is 14.6 Å². The molecule has 0 radical (unpaired) electrons. The molecule has 1 fully saturated rings. The van der Waals surface area contributed by atoms with Crippen LogP contribution < -0.4 is 5.32 Å². The van der Waals surface area contributed by atoms with E-state index in [1.807, 2.05) is 0 Å². The van der Waals surface area contributed by atoms with Crippen molar-refractivity contribution in [3.8, 4) is 0 Å². The molecule has 1 atom stereocenters. The quantitative estimate of drug-likeness (QED) is 0.708. The van der Waals surface area contributed by atoms with Gasteiger partial charge in [-0.15, -0.1) is 0 Å². The molecule has 1 unspecified atom stereocenters. The van der Waals surface area contributed by atoms with Crippen LogP contribution in [0.5, 0.6) is 0 Å². The van der Waals surface area contributed by atoms with Crippen LogP contribution in [0.15, 0.2) is 0 Å². The summed E-state index contributed by atoms with van der Waals surface area (Å²) in [5, 5.41) is 3.00. The van der Waals surface area contributed by atoms with E-state index in [9.17, 15) is 8.42 Å². The third-order valence-corrected chi connectivity index (χ3v) is 5.06. The SMILES string of the molecule is COCCCS(=O)(=O)C1CCCCNC1. The van der Waals surface area contributed by atoms with Crippen molar-refractivity contribution in [2.24, 2.45) is 0 Å². The summed E-state index contributed by atoms with van der Waals surface area (Å²) in [6, 6.07) is 0. The number of hydrogen-bond donors (Lipinski definition) is 1. The molecule has 1 aliphatic rings. The Morgan fingerprint density at radius 3 is 2.93 bits per heavy atom. The van der Waals surface area contributed by atoms with Crippen molar-refractivity contribution in [1.29, 1.82) is 0 Å². The third kappa shape index (κ3) is 4.49. The largest absolute Gasteiger partial charge is 0.385 e. The molecule has 1 heterocycles. The van der Waals surface area contributed by atoms with Crippen LogP contribution in [0.2, 0.25) is 0 Å². The van der Waals surface area contributed by atoms with Gasteiger partial charge in [0.1, 0.15) is 0 Å². The summed E-state index contributed by atoms with van der Waals surface area (Å²) in [6.07, 6.45) is 3.52. The summed E-state index contributed by atoms with van der Waals surface area (Å²) in [7, 11) is -1.32. The Balaban J connectivity index is 2.43. The first kappa shape index (κ1) is 12.9. The lowest BCUT2D eigenvalue weighted by atomic mass is 10.2. The van der Waals surface area contributed by atoms with E-state index in [2.05, 4.69) is 5.32 Å². The molecular weight excluding hydrogens is 214 g/mol. The maximum atomic E-state index is 11.9. The highest BCUT2D eigenvalue weighted by atomic mass is 32.2. The average Bonchev–Trinajstić information content (AvgIpc) is 2.46. The van der Waals surface area contributed by atoms with Gasteiger partial charge in [0, 0.05) is 20.3 Å². The van der Waals surface area contributed by atoms with Gasteiger partial charge in [0.05, 0.1) is 11.0 Å². The minimum absolute atomic E-state index is 0.183. The number of nitrogens with one attached hydrogen (secondary N) is 1. The van der Waals surface area contributed by atoms with Gasteiger partial charge in [0.15, 0.2) is 9.84 Å². The molecule has 0 aliphatic carbocycles. The second-order valence-electron chi connectivity index (χ2n) is 4.04. The second-order valence-corrected chi connectivity index (χ2v) is 6.44. The minimum Gasteiger partial charge on any atom is -0.385 e. The van der Waals surface area contributed by atoms with Crippen molar-refractivity contribution in [2.45, 2.75) is 30.9 Å². The van der Waals surface area contributed by atoms with Crippen molar-refractivity contribution in [1.82, 2.24) is 5.32 Å². The van der Waals surface area contributed by atoms with Crippen LogP contribution in [0.3, 0.4) is 0 Å². The van der Waals surface area contributed by atoms with Gasteiger partial charge < -0.3 is 10.1 Å². The number of ether oxygens (including phenoxy) is 1. The number of rotatable bonds is 5. The average molecular weight is 235 g/mol. The van der Waals surface area contributed by atoms with Crippen LogP contribution in [-0.4, -0.2) is 46.2 Å². The Kier molecular flexibility index (Phi) is 5.56. The van der Waals surface area contributed by atoms with Crippen LogP contribution in [0, 0.1) is 0 Å². The lowest BCUT2D eigenvalue weighted by molar-refractivity contribution is 0.199. The molecule has 1 aliphatic heterocycles. The lowest BCUT2D eigenvalue weighted by Crippen LogP contribution is -2.33. The zero-order chi connectivity index (χ0) is 11.1. The number of sulfone groups is 1. The highest BCUT2D eigenvalue weighted by Crippen LogP contribution is 2.14. The molecule has 0 saturated carbocycles. The van der Waals surface area contributed by atoms with Gasteiger partial charge in [-0.2, -0.15) is 0 Å². The van der Waals surface area contributed by atoms with Gasteiger partial charge in [0.2, 0.25) is 0 Å². The molecule has 1 N–H and O–H groups in total. The van der Waals surface area contributed by atoms with Crippen molar-refractivity contribution < 1.29 is 13.2 Å². The van der Waals surface area contributed by atoms with E-state index in [1.165, 1.54) is 0 Å². The van der Waals surface area contributed by atoms with Crippen molar-refractivity contribution in [2.75, 3.05) is 32.6 Å². The number of hydrogen-bond acceptors (Lipinski definition) is 4. The predicted octanol–water partition coefficient (Wildman–Crippen LogP) is 0.580. The first-order valence-electron chi connectivity index (χ1n) is 5.58. The number of methoxy groups -OCH3 is 1. The molecule has 0 aromatic carbocycles. The second kappa shape index (κ2) is 6.45. The van der Waals surface area contributed by atoms with Gasteiger partial charge in [-0.1, -0.05) is 6.42 Å². The first-order valence-corrected chi connectivity index (χ1v) is 7.29. The maximum absolute atomic E-state index is 11.9. The fourth-order valence-corrected chi connectivity index (χ4v) is 3.62. The zero-order valence-corrected chi connectivity index (χ0v) is 10.2. The normalized spacial score (nSPS) is 23.7. The molecular formula is C10H21NO3S. The lowest BCUT2D eigenvalue weighted by Gasteiger charge is -2.14. The first-order chi connectivity index (χ1) is 7.17. The standard InChI is InChI=1S/C10H21NO3S/c1-14-7-4-8-15(12,13)10-5-2-3-6-11-9-10/h10-11H,2-9H2,1H3. The van der Waals surface area contributed by atoms with Crippen LogP contribution in [0.4, 0.5) is 0 Å². The van der Waals surface area contributed by atoms with E-state index in [0.29, 0.717) is 19.6 Å². The van der Waals surface area contributed by atoms with Crippen LogP contribution in [0.1, 0.15) is 25.7 Å². The highest BCUT2D eigenvalue weighted by Gasteiger charge is 2.25. The van der Waals surface area contributed by atoms with E-state index in [1.54, 1.807) is 7.11 Å². The van der Waals surface area contributed by atoms with Gasteiger partial charge in [-0.05, 0) is 25.8 Å². The predicted molar refractivity (Wildman–Crippen MR) is 60.8 cm³/mol. The molecule has 0 bridgehead atoms. The van der Waals surface area contributed by atoms with E-state index in [0.717, 1.165) is 25.8 Å². The molecule has 5 heteroatoms. The molecule has 0 aromatic rings. The van der Waals surface area contributed by atoms with Crippen molar-refractivity contribution in [3.63, 3.8) is 0 Å². The molecule has 0 amide bonds. The van der Waals surface area contributed by atoms with E-state index in [-0.39, 0.29) is 11.0 Å². The highest BCUT2D eigenvalue weighted by molar-refractivity contribution is 7.92. The summed E-state index contributed by atoms with van der Waals surface area (Å²) in [6.45, 7) is 2.10. The maximum Gasteiger partial charge on any atom is 0.154 e. The Morgan fingerprint density at radius 2 is 2.20 bits per heavy atom. The van der Waals surface area contributed by atoms with E-state index < -0.39 is 9.84 Å². The zero-order valence-electron chi connectivity index (χ0n) is 9.37. The molecule has 4 nitrogen and oxygen atoms in total. The molecule has 0 spiro atoms. The Labute approximate surface area is 92.3 Å². The molecule has 15 heavy (non-hydrogen) atoms. The fourth-order valence-electron chi connectivity index (χ4n) is 1.86. The summed E-state index contributed by atoms with van der Waals surface area (Å²) < 4.78 is 28.7. The van der Waals surface area contributed by atoms with Crippen molar-refractivity contribution >= 4 is 9.84 Å². The third-order valence-electron chi connectivity index (χ3n) is 2.79. The topological polar surface area (TPSA) is 55.4 Å². The Hall–Kier alpha value is -0.130. The van der Waals surface area contributed by atoms with Crippen LogP contribution in [0.25, 0.3) is 0 Å². The van der Waals surface area contributed by atoms with Gasteiger partial charge in [-0.25, -0.2) is 8.42 Å². The van der Waals surface area contributed by atoms with E-state index >= 15 is 0 Å². The van der Waals surface area contributed by atoms with Crippen LogP contribution >= 0.6 is 0 Å². The van der Waals surface area contributed by atoms with Gasteiger partial charge in [0.25, 0.3) is 0 Å². The summed E-state index contributed by atoms with van der Waals surface area (Å²) in [4.78, 5) is 0. The Bertz CT molecular complexity index is 256. The summed E-state index contributed by atoms with van der Waals surface area (Å²) in [5.41, 5.74) is 0. The molecule has 1 rings (SSSR count). The monoisotopic (exact) mass is 235 g/mol. The minimum atomic E-state index is -2.92.